The highest BCUT2D eigenvalue weighted by Gasteiger charge is 2.18. The van der Waals surface area contributed by atoms with Gasteiger partial charge in [-0.2, -0.15) is 5.10 Å². The van der Waals surface area contributed by atoms with Crippen LogP contribution >= 0.6 is 0 Å². The minimum atomic E-state index is -0.437. The van der Waals surface area contributed by atoms with Gasteiger partial charge in [-0.15, -0.1) is 0 Å². The van der Waals surface area contributed by atoms with Crippen molar-refractivity contribution in [2.75, 3.05) is 14.2 Å². The van der Waals surface area contributed by atoms with Crippen LogP contribution in [0.25, 0.3) is 10.8 Å². The molecular formula is C21H22N4O4. The second-order valence-corrected chi connectivity index (χ2v) is 6.47. The molecule has 0 fully saturated rings. The molecule has 0 saturated carbocycles. The van der Waals surface area contributed by atoms with Crippen LogP contribution in [-0.4, -0.2) is 35.8 Å². The van der Waals surface area contributed by atoms with Crippen LogP contribution in [-0.2, 0) is 11.3 Å². The minimum absolute atomic E-state index is 0.0910. The van der Waals surface area contributed by atoms with E-state index < -0.39 is 17.4 Å². The summed E-state index contributed by atoms with van der Waals surface area (Å²) >= 11 is 0. The van der Waals surface area contributed by atoms with Crippen molar-refractivity contribution in [3.8, 4) is 5.75 Å². The fraction of sp³-hybridized carbons (Fsp3) is 0.238. The number of carbonyl (C=O) groups is 2. The van der Waals surface area contributed by atoms with Crippen LogP contribution in [0.2, 0.25) is 0 Å². The van der Waals surface area contributed by atoms with Crippen molar-refractivity contribution < 1.29 is 14.3 Å². The van der Waals surface area contributed by atoms with Crippen LogP contribution in [0.5, 0.6) is 5.75 Å². The van der Waals surface area contributed by atoms with Gasteiger partial charge in [-0.25, -0.2) is 4.68 Å². The SMILES string of the molecule is CNC(=O)c1nn(CC(=O)NC(C)c2ccccc2OC)c(=O)c2ccccc12. The summed E-state index contributed by atoms with van der Waals surface area (Å²) < 4.78 is 6.34. The predicted molar refractivity (Wildman–Crippen MR) is 109 cm³/mol. The lowest BCUT2D eigenvalue weighted by Gasteiger charge is -2.17. The Morgan fingerprint density at radius 2 is 1.76 bits per heavy atom. The average molecular weight is 394 g/mol. The Morgan fingerprint density at radius 1 is 1.10 bits per heavy atom. The number of carbonyl (C=O) groups excluding carboxylic acids is 2. The number of fused-ring (bicyclic) bond motifs is 1. The van der Waals surface area contributed by atoms with E-state index in [4.69, 9.17) is 4.74 Å². The summed E-state index contributed by atoms with van der Waals surface area (Å²) in [5.41, 5.74) is 0.467. The Labute approximate surface area is 167 Å². The second kappa shape index (κ2) is 8.55. The van der Waals surface area contributed by atoms with Crippen LogP contribution in [0, 0.1) is 0 Å². The fourth-order valence-electron chi connectivity index (χ4n) is 3.15. The van der Waals surface area contributed by atoms with Crippen molar-refractivity contribution in [3.05, 3.63) is 70.1 Å². The Balaban J connectivity index is 1.89. The van der Waals surface area contributed by atoms with Crippen molar-refractivity contribution in [2.45, 2.75) is 19.5 Å². The minimum Gasteiger partial charge on any atom is -0.496 e. The number of ether oxygens (including phenoxy) is 1. The number of hydrogen-bond donors (Lipinski definition) is 2. The molecule has 3 rings (SSSR count). The van der Waals surface area contributed by atoms with Gasteiger partial charge in [0, 0.05) is 18.0 Å². The summed E-state index contributed by atoms with van der Waals surface area (Å²) in [4.78, 5) is 37.5. The quantitative estimate of drug-likeness (QED) is 0.662. The monoisotopic (exact) mass is 394 g/mol. The Bertz CT molecular complexity index is 1120. The molecule has 3 aromatic rings. The lowest BCUT2D eigenvalue weighted by atomic mass is 10.1. The molecule has 0 radical (unpaired) electrons. The molecule has 0 aliphatic heterocycles. The number of nitrogens with one attached hydrogen (secondary N) is 2. The molecule has 0 bridgehead atoms. The van der Waals surface area contributed by atoms with Gasteiger partial charge >= 0.3 is 0 Å². The first-order chi connectivity index (χ1) is 14.0. The van der Waals surface area contributed by atoms with Gasteiger partial charge in [0.1, 0.15) is 12.3 Å². The molecule has 0 saturated heterocycles. The normalized spacial score (nSPS) is 11.7. The molecule has 2 aromatic carbocycles. The smallest absolute Gasteiger partial charge is 0.275 e. The summed E-state index contributed by atoms with van der Waals surface area (Å²) in [6.45, 7) is 1.51. The molecular weight excluding hydrogens is 372 g/mol. The molecule has 0 aliphatic rings. The van der Waals surface area contributed by atoms with Crippen LogP contribution in [0.3, 0.4) is 0 Å². The largest absolute Gasteiger partial charge is 0.496 e. The third-order valence-electron chi connectivity index (χ3n) is 4.59. The summed E-state index contributed by atoms with van der Waals surface area (Å²) in [6.07, 6.45) is 0. The molecule has 29 heavy (non-hydrogen) atoms. The number of aromatic nitrogens is 2. The summed E-state index contributed by atoms with van der Waals surface area (Å²) in [5.74, 6) is -0.183. The van der Waals surface area contributed by atoms with Crippen molar-refractivity contribution in [1.29, 1.82) is 0 Å². The van der Waals surface area contributed by atoms with Crippen molar-refractivity contribution >= 4 is 22.6 Å². The highest BCUT2D eigenvalue weighted by atomic mass is 16.5. The molecule has 0 aliphatic carbocycles. The van der Waals surface area contributed by atoms with Gasteiger partial charge in [0.05, 0.1) is 18.5 Å². The van der Waals surface area contributed by atoms with E-state index in [0.29, 0.717) is 16.5 Å². The van der Waals surface area contributed by atoms with Gasteiger partial charge in [-0.1, -0.05) is 36.4 Å². The van der Waals surface area contributed by atoms with Crippen molar-refractivity contribution in [2.24, 2.45) is 0 Å². The molecule has 2 N–H and O–H groups in total. The average Bonchev–Trinajstić information content (AvgIpc) is 2.75. The Kier molecular flexibility index (Phi) is 5.92. The zero-order valence-corrected chi connectivity index (χ0v) is 16.4. The van der Waals surface area contributed by atoms with E-state index in [1.165, 1.54) is 7.05 Å². The number of methoxy groups -OCH3 is 1. The molecule has 150 valence electrons. The molecule has 1 unspecified atom stereocenters. The van der Waals surface area contributed by atoms with Crippen LogP contribution in [0.4, 0.5) is 0 Å². The number of nitrogens with zero attached hydrogens (tertiary/aromatic N) is 2. The van der Waals surface area contributed by atoms with Crippen molar-refractivity contribution in [3.63, 3.8) is 0 Å². The molecule has 0 spiro atoms. The van der Waals surface area contributed by atoms with Gasteiger partial charge in [-0.05, 0) is 19.1 Å². The fourth-order valence-corrected chi connectivity index (χ4v) is 3.15. The molecule has 1 atom stereocenters. The maximum absolute atomic E-state index is 12.8. The third-order valence-corrected chi connectivity index (χ3v) is 4.59. The van der Waals surface area contributed by atoms with Gasteiger partial charge in [0.2, 0.25) is 5.91 Å². The van der Waals surface area contributed by atoms with Crippen LogP contribution < -0.4 is 20.9 Å². The number of para-hydroxylation sites is 1. The van der Waals surface area contributed by atoms with E-state index >= 15 is 0 Å². The Morgan fingerprint density at radius 3 is 2.45 bits per heavy atom. The van der Waals surface area contributed by atoms with Crippen molar-refractivity contribution in [1.82, 2.24) is 20.4 Å². The summed E-state index contributed by atoms with van der Waals surface area (Å²) in [6, 6.07) is 13.7. The highest BCUT2D eigenvalue weighted by Crippen LogP contribution is 2.24. The third kappa shape index (κ3) is 4.11. The maximum atomic E-state index is 12.8. The maximum Gasteiger partial charge on any atom is 0.275 e. The van der Waals surface area contributed by atoms with E-state index in [-0.39, 0.29) is 18.3 Å². The van der Waals surface area contributed by atoms with Gasteiger partial charge in [0.25, 0.3) is 11.5 Å². The first-order valence-electron chi connectivity index (χ1n) is 9.10. The van der Waals surface area contributed by atoms with E-state index in [2.05, 4.69) is 15.7 Å². The molecule has 8 nitrogen and oxygen atoms in total. The lowest BCUT2D eigenvalue weighted by molar-refractivity contribution is -0.122. The standard InChI is InChI=1S/C21H22N4O4/c1-13(14-8-6-7-11-17(14)29-3)23-18(26)12-25-21(28)16-10-5-4-9-15(16)19(24-25)20(27)22-2/h4-11,13H,12H2,1-3H3,(H,22,27)(H,23,26). The molecule has 1 heterocycles. The first kappa shape index (κ1) is 20.1. The zero-order chi connectivity index (χ0) is 21.0. The number of benzene rings is 2. The van der Waals surface area contributed by atoms with E-state index in [1.807, 2.05) is 31.2 Å². The van der Waals surface area contributed by atoms with Gasteiger partial charge < -0.3 is 15.4 Å². The number of rotatable bonds is 6. The van der Waals surface area contributed by atoms with Crippen LogP contribution in [0.1, 0.15) is 29.0 Å². The number of amides is 2. The molecule has 1 aromatic heterocycles. The van der Waals surface area contributed by atoms with Crippen LogP contribution in [0.15, 0.2) is 53.3 Å². The predicted octanol–water partition coefficient (Wildman–Crippen LogP) is 1.64. The topological polar surface area (TPSA) is 102 Å². The molecule has 8 heteroatoms. The zero-order valence-electron chi connectivity index (χ0n) is 16.4. The number of hydrogen-bond acceptors (Lipinski definition) is 5. The van der Waals surface area contributed by atoms with E-state index in [9.17, 15) is 14.4 Å². The van der Waals surface area contributed by atoms with Gasteiger partial charge in [0.15, 0.2) is 5.69 Å². The highest BCUT2D eigenvalue weighted by molar-refractivity contribution is 6.04. The summed E-state index contributed by atoms with van der Waals surface area (Å²) in [7, 11) is 3.04. The van der Waals surface area contributed by atoms with E-state index in [0.717, 1.165) is 10.2 Å². The second-order valence-electron chi connectivity index (χ2n) is 6.47. The van der Waals surface area contributed by atoms with Gasteiger partial charge in [-0.3, -0.25) is 14.4 Å². The first-order valence-corrected chi connectivity index (χ1v) is 9.10. The Hall–Kier alpha value is -3.68. The summed E-state index contributed by atoms with van der Waals surface area (Å²) in [5, 5.41) is 10.2. The van der Waals surface area contributed by atoms with E-state index in [1.54, 1.807) is 31.4 Å². The lowest BCUT2D eigenvalue weighted by Crippen LogP contribution is -2.36. The molecule has 2 amide bonds.